The van der Waals surface area contributed by atoms with Gasteiger partial charge in [-0.3, -0.25) is 9.50 Å². The van der Waals surface area contributed by atoms with Gasteiger partial charge in [-0.2, -0.15) is 5.10 Å². The van der Waals surface area contributed by atoms with E-state index in [2.05, 4.69) is 36.3 Å². The molecule has 0 spiro atoms. The first-order valence-electron chi connectivity index (χ1n) is 8.12. The molecule has 0 aromatic carbocycles. The Morgan fingerprint density at radius 1 is 1.28 bits per heavy atom. The zero-order valence-corrected chi connectivity index (χ0v) is 15.4. The third-order valence-electron chi connectivity index (χ3n) is 3.90. The van der Waals surface area contributed by atoms with Crippen LogP contribution in [0.3, 0.4) is 0 Å². The smallest absolute Gasteiger partial charge is 0.339 e. The van der Waals surface area contributed by atoms with Crippen molar-refractivity contribution < 1.29 is 9.53 Å². The third-order valence-corrected chi connectivity index (χ3v) is 3.90. The van der Waals surface area contributed by atoms with Crippen LogP contribution in [0.1, 0.15) is 42.5 Å². The number of methoxy groups -OCH3 is 1. The van der Waals surface area contributed by atoms with Gasteiger partial charge in [0.1, 0.15) is 17.2 Å². The monoisotopic (exact) mass is 341 g/mol. The van der Waals surface area contributed by atoms with E-state index in [0.29, 0.717) is 5.56 Å². The molecule has 0 aliphatic rings. The van der Waals surface area contributed by atoms with Gasteiger partial charge in [0.2, 0.25) is 0 Å². The minimum Gasteiger partial charge on any atom is -0.465 e. The quantitative estimate of drug-likeness (QED) is 0.714. The first kappa shape index (κ1) is 17.0. The number of fused-ring (bicyclic) bond motifs is 1. The van der Waals surface area contributed by atoms with Crippen LogP contribution in [0.2, 0.25) is 0 Å². The predicted octanol–water partition coefficient (Wildman–Crippen LogP) is 3.34. The number of nitrogens with one attached hydrogen (secondary N) is 2. The molecular formula is C18H23N5O2. The predicted molar refractivity (Wildman–Crippen MR) is 97.0 cm³/mol. The molecule has 0 amide bonds. The number of carbonyl (C=O) groups excluding carboxylic acids is 1. The number of carbonyl (C=O) groups is 1. The number of H-pyrrole nitrogens is 1. The number of rotatable bonds is 3. The van der Waals surface area contributed by atoms with E-state index >= 15 is 0 Å². The molecule has 0 saturated carbocycles. The molecule has 0 aliphatic carbocycles. The van der Waals surface area contributed by atoms with Crippen molar-refractivity contribution in [3.05, 3.63) is 35.3 Å². The van der Waals surface area contributed by atoms with Crippen LogP contribution in [0.15, 0.2) is 18.3 Å². The second kappa shape index (κ2) is 5.91. The van der Waals surface area contributed by atoms with Gasteiger partial charge in [-0.25, -0.2) is 9.78 Å². The molecule has 3 rings (SSSR count). The summed E-state index contributed by atoms with van der Waals surface area (Å²) in [4.78, 5) is 16.7. The van der Waals surface area contributed by atoms with Crippen LogP contribution in [0.5, 0.6) is 0 Å². The Bertz CT molecular complexity index is 927. The average Bonchev–Trinajstić information content (AvgIpc) is 3.05. The zero-order chi connectivity index (χ0) is 18.4. The normalized spacial score (nSPS) is 11.8. The fourth-order valence-electron chi connectivity index (χ4n) is 2.83. The number of ether oxygens (including phenoxy) is 1. The number of aromatic amines is 1. The van der Waals surface area contributed by atoms with E-state index in [-0.39, 0.29) is 11.5 Å². The largest absolute Gasteiger partial charge is 0.465 e. The Morgan fingerprint density at radius 2 is 2.00 bits per heavy atom. The highest BCUT2D eigenvalue weighted by molar-refractivity contribution is 5.90. The summed E-state index contributed by atoms with van der Waals surface area (Å²) in [5, 5.41) is 10.8. The van der Waals surface area contributed by atoms with Gasteiger partial charge in [0.25, 0.3) is 0 Å². The van der Waals surface area contributed by atoms with Crippen molar-refractivity contribution in [2.24, 2.45) is 0 Å². The molecule has 3 aromatic rings. The minimum atomic E-state index is -0.380. The Hall–Kier alpha value is -2.83. The van der Waals surface area contributed by atoms with Gasteiger partial charge in [-0.15, -0.1) is 0 Å². The Balaban J connectivity index is 2.29. The molecule has 0 radical (unpaired) electrons. The van der Waals surface area contributed by atoms with Crippen LogP contribution < -0.4 is 5.32 Å². The second-order valence-electron chi connectivity index (χ2n) is 7.13. The Morgan fingerprint density at radius 3 is 2.56 bits per heavy atom. The summed E-state index contributed by atoms with van der Waals surface area (Å²) in [6.45, 7) is 10.2. The lowest BCUT2D eigenvalue weighted by atomic mass is 10.1. The number of hydrogen-bond donors (Lipinski definition) is 2. The topological polar surface area (TPSA) is 84.3 Å². The van der Waals surface area contributed by atoms with Crippen molar-refractivity contribution in [1.82, 2.24) is 19.6 Å². The minimum absolute atomic E-state index is 0.183. The fraction of sp³-hybridized carbons (Fsp3) is 0.389. The summed E-state index contributed by atoms with van der Waals surface area (Å²) >= 11 is 0. The van der Waals surface area contributed by atoms with Crippen LogP contribution in [-0.2, 0) is 4.74 Å². The maximum Gasteiger partial charge on any atom is 0.339 e. The molecule has 0 atom stereocenters. The number of nitrogens with zero attached hydrogens (tertiary/aromatic N) is 3. The maximum absolute atomic E-state index is 11.9. The first-order chi connectivity index (χ1) is 11.7. The van der Waals surface area contributed by atoms with E-state index in [1.165, 1.54) is 7.11 Å². The molecule has 0 saturated heterocycles. The van der Waals surface area contributed by atoms with Crippen molar-refractivity contribution in [3.63, 3.8) is 0 Å². The standard InChI is InChI=1S/C18H23N5O2/c1-10-14(11(2)22-21-10)15-16(20-18(3,4)5)23-9-12(17(24)25-6)7-8-13(23)19-15/h7-9,20H,1-6H3,(H,21,22). The molecule has 3 heterocycles. The SMILES string of the molecule is COC(=O)c1ccc2nc(-c3c(C)n[nH]c3C)c(NC(C)(C)C)n2c1. The molecule has 7 nitrogen and oxygen atoms in total. The Kier molecular flexibility index (Phi) is 4.02. The van der Waals surface area contributed by atoms with Gasteiger partial charge in [-0.05, 0) is 46.8 Å². The summed E-state index contributed by atoms with van der Waals surface area (Å²) in [5.41, 5.74) is 4.64. The molecule has 2 N–H and O–H groups in total. The molecule has 25 heavy (non-hydrogen) atoms. The summed E-state index contributed by atoms with van der Waals surface area (Å²) in [5.74, 6) is 0.440. The van der Waals surface area contributed by atoms with Crippen molar-refractivity contribution in [3.8, 4) is 11.3 Å². The molecule has 7 heteroatoms. The van der Waals surface area contributed by atoms with Gasteiger partial charge in [-0.1, -0.05) is 0 Å². The van der Waals surface area contributed by atoms with Crippen molar-refractivity contribution in [2.45, 2.75) is 40.2 Å². The summed E-state index contributed by atoms with van der Waals surface area (Å²) < 4.78 is 6.72. The van der Waals surface area contributed by atoms with Crippen molar-refractivity contribution in [1.29, 1.82) is 0 Å². The van der Waals surface area contributed by atoms with Crippen molar-refractivity contribution >= 4 is 17.4 Å². The first-order valence-corrected chi connectivity index (χ1v) is 8.12. The molecule has 132 valence electrons. The van der Waals surface area contributed by atoms with Gasteiger partial charge in [0, 0.05) is 23.0 Å². The average molecular weight is 341 g/mol. The highest BCUT2D eigenvalue weighted by Gasteiger charge is 2.23. The highest BCUT2D eigenvalue weighted by Crippen LogP contribution is 2.34. The maximum atomic E-state index is 11.9. The Labute approximate surface area is 146 Å². The van der Waals surface area contributed by atoms with E-state index in [1.807, 2.05) is 24.3 Å². The van der Waals surface area contributed by atoms with Gasteiger partial charge in [0.15, 0.2) is 0 Å². The lowest BCUT2D eigenvalue weighted by molar-refractivity contribution is 0.0600. The van der Waals surface area contributed by atoms with E-state index in [4.69, 9.17) is 9.72 Å². The third kappa shape index (κ3) is 3.09. The number of esters is 1. The molecule has 0 aliphatic heterocycles. The number of anilines is 1. The summed E-state index contributed by atoms with van der Waals surface area (Å²) in [6.07, 6.45) is 1.75. The van der Waals surface area contributed by atoms with E-state index in [9.17, 15) is 4.79 Å². The summed E-state index contributed by atoms with van der Waals surface area (Å²) in [7, 11) is 1.37. The van der Waals surface area contributed by atoms with Crippen LogP contribution in [0.4, 0.5) is 5.82 Å². The van der Waals surface area contributed by atoms with Gasteiger partial charge in [0.05, 0.1) is 18.4 Å². The lowest BCUT2D eigenvalue weighted by Crippen LogP contribution is -2.27. The number of imidazole rings is 1. The zero-order valence-electron chi connectivity index (χ0n) is 15.4. The fourth-order valence-corrected chi connectivity index (χ4v) is 2.83. The lowest BCUT2D eigenvalue weighted by Gasteiger charge is -2.22. The van der Waals surface area contributed by atoms with Crippen molar-refractivity contribution in [2.75, 3.05) is 12.4 Å². The van der Waals surface area contributed by atoms with Gasteiger partial charge < -0.3 is 10.1 Å². The van der Waals surface area contributed by atoms with Crippen LogP contribution in [0.25, 0.3) is 16.9 Å². The van der Waals surface area contributed by atoms with E-state index < -0.39 is 0 Å². The highest BCUT2D eigenvalue weighted by atomic mass is 16.5. The number of aromatic nitrogens is 4. The summed E-state index contributed by atoms with van der Waals surface area (Å²) in [6, 6.07) is 3.53. The van der Waals surface area contributed by atoms with Crippen LogP contribution in [-0.4, -0.2) is 38.2 Å². The molecule has 0 bridgehead atoms. The molecule has 0 fully saturated rings. The van der Waals surface area contributed by atoms with Gasteiger partial charge >= 0.3 is 5.97 Å². The van der Waals surface area contributed by atoms with Crippen LogP contribution in [0, 0.1) is 13.8 Å². The second-order valence-corrected chi connectivity index (χ2v) is 7.13. The van der Waals surface area contributed by atoms with E-state index in [1.54, 1.807) is 12.3 Å². The molecule has 0 unspecified atom stereocenters. The number of hydrogen-bond acceptors (Lipinski definition) is 5. The van der Waals surface area contributed by atoms with Crippen LogP contribution >= 0.6 is 0 Å². The molecular weight excluding hydrogens is 318 g/mol. The van der Waals surface area contributed by atoms with E-state index in [0.717, 1.165) is 34.1 Å². The molecule has 3 aromatic heterocycles. The number of pyridine rings is 1. The number of aryl methyl sites for hydroxylation is 2.